The largest absolute Gasteiger partial charge is 0.490 e. The number of aromatic amines is 1. The molecule has 27 heavy (non-hydrogen) atoms. The zero-order valence-corrected chi connectivity index (χ0v) is 14.8. The van der Waals surface area contributed by atoms with Crippen molar-refractivity contribution in [2.75, 3.05) is 12.3 Å². The van der Waals surface area contributed by atoms with E-state index in [1.54, 1.807) is 12.4 Å². The first-order chi connectivity index (χ1) is 13.2. The maximum Gasteiger partial charge on any atom is 0.153 e. The maximum atomic E-state index is 6.20. The molecular formula is C21H21N5O. The molecular weight excluding hydrogens is 338 g/mol. The van der Waals surface area contributed by atoms with Crippen molar-refractivity contribution in [1.82, 2.24) is 15.2 Å². The van der Waals surface area contributed by atoms with Crippen LogP contribution in [-0.4, -0.2) is 27.8 Å². The predicted molar refractivity (Wildman–Crippen MR) is 107 cm³/mol. The van der Waals surface area contributed by atoms with E-state index in [0.717, 1.165) is 28.5 Å². The number of H-pyrrole nitrogens is 1. The van der Waals surface area contributed by atoms with Crippen molar-refractivity contribution in [3.63, 3.8) is 0 Å². The maximum absolute atomic E-state index is 6.20. The second-order valence-electron chi connectivity index (χ2n) is 6.54. The lowest BCUT2D eigenvalue weighted by atomic mass is 10.1. The van der Waals surface area contributed by atoms with Gasteiger partial charge in [0, 0.05) is 23.2 Å². The molecule has 2 aromatic carbocycles. The minimum Gasteiger partial charge on any atom is -0.490 e. The third kappa shape index (κ3) is 3.91. The molecule has 0 radical (unpaired) electrons. The summed E-state index contributed by atoms with van der Waals surface area (Å²) in [7, 11) is 0. The van der Waals surface area contributed by atoms with Crippen LogP contribution in [0.5, 0.6) is 5.75 Å². The molecule has 6 heteroatoms. The number of ether oxygens (including phenoxy) is 1. The molecule has 1 atom stereocenters. The van der Waals surface area contributed by atoms with Crippen LogP contribution in [0.15, 0.2) is 67.0 Å². The highest BCUT2D eigenvalue weighted by molar-refractivity contribution is 5.92. The molecule has 0 fully saturated rings. The van der Waals surface area contributed by atoms with Crippen LogP contribution in [0.4, 0.5) is 5.82 Å². The first-order valence-corrected chi connectivity index (χ1v) is 8.80. The number of benzene rings is 2. The normalized spacial score (nSPS) is 12.2. The van der Waals surface area contributed by atoms with E-state index in [-0.39, 0.29) is 6.04 Å². The standard InChI is InChI=1S/C21H21N5O/c22-17(8-14-4-2-1-3-5-14)13-27-18-9-16(11-24-12-18)15-6-7-20-19(10-15)21(23)26-25-20/h1-7,9-12,17H,8,13,22H2,(H3,23,25,26)/t17-/m0/s1. The monoisotopic (exact) mass is 359 g/mol. The Labute approximate surface area is 157 Å². The summed E-state index contributed by atoms with van der Waals surface area (Å²) in [5.74, 6) is 1.18. The minimum atomic E-state index is -0.0851. The molecule has 0 bridgehead atoms. The average molecular weight is 359 g/mol. The van der Waals surface area contributed by atoms with Crippen molar-refractivity contribution < 1.29 is 4.74 Å². The average Bonchev–Trinajstić information content (AvgIpc) is 3.08. The van der Waals surface area contributed by atoms with Crippen molar-refractivity contribution in [3.8, 4) is 16.9 Å². The first-order valence-electron chi connectivity index (χ1n) is 8.80. The van der Waals surface area contributed by atoms with Gasteiger partial charge in [-0.25, -0.2) is 0 Å². The van der Waals surface area contributed by atoms with Crippen LogP contribution in [0, 0.1) is 0 Å². The summed E-state index contributed by atoms with van der Waals surface area (Å²) in [6, 6.07) is 18.0. The lowest BCUT2D eigenvalue weighted by Gasteiger charge is -2.14. The van der Waals surface area contributed by atoms with Crippen LogP contribution >= 0.6 is 0 Å². The van der Waals surface area contributed by atoms with Crippen molar-refractivity contribution in [3.05, 3.63) is 72.6 Å². The lowest BCUT2D eigenvalue weighted by Crippen LogP contribution is -2.30. The zero-order chi connectivity index (χ0) is 18.6. The summed E-state index contributed by atoms with van der Waals surface area (Å²) in [5.41, 5.74) is 16.2. The van der Waals surface area contributed by atoms with Crippen molar-refractivity contribution in [2.24, 2.45) is 5.73 Å². The first kappa shape index (κ1) is 17.1. The minimum absolute atomic E-state index is 0.0851. The summed E-state index contributed by atoms with van der Waals surface area (Å²) in [5, 5.41) is 7.82. The van der Waals surface area contributed by atoms with E-state index in [4.69, 9.17) is 16.2 Å². The van der Waals surface area contributed by atoms with Gasteiger partial charge in [-0.15, -0.1) is 0 Å². The molecule has 0 amide bonds. The van der Waals surface area contributed by atoms with E-state index in [0.29, 0.717) is 18.2 Å². The summed E-state index contributed by atoms with van der Waals surface area (Å²) in [4.78, 5) is 4.29. The number of nitrogens with one attached hydrogen (secondary N) is 1. The molecule has 0 aliphatic carbocycles. The quantitative estimate of drug-likeness (QED) is 0.491. The van der Waals surface area contributed by atoms with Crippen LogP contribution in [-0.2, 0) is 6.42 Å². The van der Waals surface area contributed by atoms with Gasteiger partial charge in [0.25, 0.3) is 0 Å². The molecule has 4 aromatic rings. The number of rotatable bonds is 6. The van der Waals surface area contributed by atoms with Gasteiger partial charge in [0.2, 0.25) is 0 Å². The molecule has 6 nitrogen and oxygen atoms in total. The molecule has 2 aromatic heterocycles. The third-order valence-corrected chi connectivity index (χ3v) is 4.44. The fourth-order valence-corrected chi connectivity index (χ4v) is 3.05. The van der Waals surface area contributed by atoms with E-state index in [1.165, 1.54) is 5.56 Å². The van der Waals surface area contributed by atoms with E-state index in [2.05, 4.69) is 27.3 Å². The summed E-state index contributed by atoms with van der Waals surface area (Å²) >= 11 is 0. The summed E-state index contributed by atoms with van der Waals surface area (Å²) < 4.78 is 5.87. The van der Waals surface area contributed by atoms with Crippen LogP contribution in [0.25, 0.3) is 22.0 Å². The molecule has 0 aliphatic rings. The Morgan fingerprint density at radius 3 is 2.70 bits per heavy atom. The van der Waals surface area contributed by atoms with E-state index in [9.17, 15) is 0 Å². The SMILES string of the molecule is Nc1n[nH]c2ccc(-c3cncc(OC[C@@H](N)Cc4ccccc4)c3)cc12. The second-order valence-corrected chi connectivity index (χ2v) is 6.54. The van der Waals surface area contributed by atoms with Crippen molar-refractivity contribution in [2.45, 2.75) is 12.5 Å². The Bertz CT molecular complexity index is 1040. The van der Waals surface area contributed by atoms with Gasteiger partial charge in [0.05, 0.1) is 11.7 Å². The zero-order valence-electron chi connectivity index (χ0n) is 14.8. The number of nitrogen functional groups attached to an aromatic ring is 1. The number of hydrogen-bond acceptors (Lipinski definition) is 5. The van der Waals surface area contributed by atoms with Gasteiger partial charge >= 0.3 is 0 Å². The predicted octanol–water partition coefficient (Wildman–Crippen LogP) is 3.16. The Morgan fingerprint density at radius 2 is 1.85 bits per heavy atom. The van der Waals surface area contributed by atoms with E-state index >= 15 is 0 Å². The number of nitrogens with two attached hydrogens (primary N) is 2. The number of nitrogens with zero attached hydrogens (tertiary/aromatic N) is 2. The van der Waals surface area contributed by atoms with Gasteiger partial charge in [-0.2, -0.15) is 5.10 Å². The lowest BCUT2D eigenvalue weighted by molar-refractivity contribution is 0.286. The number of aromatic nitrogens is 3. The highest BCUT2D eigenvalue weighted by Crippen LogP contribution is 2.27. The Morgan fingerprint density at radius 1 is 1.00 bits per heavy atom. The van der Waals surface area contributed by atoms with Gasteiger partial charge in [0.1, 0.15) is 12.4 Å². The van der Waals surface area contributed by atoms with Crippen LogP contribution in [0.3, 0.4) is 0 Å². The van der Waals surface area contributed by atoms with E-state index in [1.807, 2.05) is 42.5 Å². The molecule has 4 rings (SSSR count). The van der Waals surface area contributed by atoms with Crippen molar-refractivity contribution >= 4 is 16.7 Å². The molecule has 5 N–H and O–H groups in total. The van der Waals surface area contributed by atoms with Crippen LogP contribution in [0.2, 0.25) is 0 Å². The molecule has 0 saturated carbocycles. The Hall–Kier alpha value is -3.38. The fraction of sp³-hybridized carbons (Fsp3) is 0.143. The highest BCUT2D eigenvalue weighted by atomic mass is 16.5. The van der Waals surface area contributed by atoms with Crippen LogP contribution in [0.1, 0.15) is 5.56 Å². The number of pyridine rings is 1. The van der Waals surface area contributed by atoms with E-state index < -0.39 is 0 Å². The highest BCUT2D eigenvalue weighted by Gasteiger charge is 2.08. The Kier molecular flexibility index (Phi) is 4.72. The van der Waals surface area contributed by atoms with Gasteiger partial charge in [-0.3, -0.25) is 10.1 Å². The van der Waals surface area contributed by atoms with Gasteiger partial charge in [0.15, 0.2) is 5.82 Å². The number of hydrogen-bond donors (Lipinski definition) is 3. The summed E-state index contributed by atoms with van der Waals surface area (Å²) in [6.45, 7) is 0.424. The molecule has 2 heterocycles. The molecule has 0 spiro atoms. The molecule has 0 aliphatic heterocycles. The molecule has 0 saturated heterocycles. The van der Waals surface area contributed by atoms with Gasteiger partial charge in [-0.1, -0.05) is 36.4 Å². The number of anilines is 1. The van der Waals surface area contributed by atoms with Gasteiger partial charge in [-0.05, 0) is 35.7 Å². The van der Waals surface area contributed by atoms with Crippen LogP contribution < -0.4 is 16.2 Å². The molecule has 0 unspecified atom stereocenters. The molecule has 136 valence electrons. The fourth-order valence-electron chi connectivity index (χ4n) is 3.05. The Balaban J connectivity index is 1.46. The topological polar surface area (TPSA) is 103 Å². The van der Waals surface area contributed by atoms with Gasteiger partial charge < -0.3 is 16.2 Å². The number of fused-ring (bicyclic) bond motifs is 1. The van der Waals surface area contributed by atoms with Crippen molar-refractivity contribution in [1.29, 1.82) is 0 Å². The second kappa shape index (κ2) is 7.47. The third-order valence-electron chi connectivity index (χ3n) is 4.44. The smallest absolute Gasteiger partial charge is 0.153 e. The summed E-state index contributed by atoms with van der Waals surface area (Å²) in [6.07, 6.45) is 4.27.